The first-order valence-electron chi connectivity index (χ1n) is 6.06. The van der Waals surface area contributed by atoms with Gasteiger partial charge in [0.15, 0.2) is 0 Å². The summed E-state index contributed by atoms with van der Waals surface area (Å²) in [5.41, 5.74) is 12.8. The van der Waals surface area contributed by atoms with E-state index < -0.39 is 0 Å². The number of fused-ring (bicyclic) bond motifs is 1. The van der Waals surface area contributed by atoms with E-state index in [2.05, 4.69) is 45.9 Å². The van der Waals surface area contributed by atoms with Crippen LogP contribution in [0, 0.1) is 0 Å². The van der Waals surface area contributed by atoms with Gasteiger partial charge in [-0.25, -0.2) is 0 Å². The molecule has 0 amide bonds. The molecule has 86 valence electrons. The Balaban J connectivity index is 2.75. The lowest BCUT2D eigenvalue weighted by Crippen LogP contribution is -2.22. The maximum absolute atomic E-state index is 6.08. The largest absolute Gasteiger partial charge is 0.398 e. The molecule has 0 radical (unpaired) electrons. The number of nitrogen functional groups attached to an aromatic ring is 1. The van der Waals surface area contributed by atoms with E-state index in [1.807, 2.05) is 0 Å². The van der Waals surface area contributed by atoms with Crippen molar-refractivity contribution >= 4 is 11.3 Å². The van der Waals surface area contributed by atoms with Crippen LogP contribution in [0.1, 0.15) is 50.8 Å². The fourth-order valence-corrected chi connectivity index (χ4v) is 2.68. The summed E-state index contributed by atoms with van der Waals surface area (Å²) >= 11 is 0. The van der Waals surface area contributed by atoms with Gasteiger partial charge in [0.2, 0.25) is 0 Å². The third kappa shape index (κ3) is 1.55. The minimum absolute atomic E-state index is 0.243. The van der Waals surface area contributed by atoms with Gasteiger partial charge in [0, 0.05) is 5.69 Å². The van der Waals surface area contributed by atoms with E-state index >= 15 is 0 Å². The van der Waals surface area contributed by atoms with Crippen molar-refractivity contribution in [1.82, 2.24) is 0 Å². The van der Waals surface area contributed by atoms with Gasteiger partial charge in [-0.05, 0) is 53.5 Å². The summed E-state index contributed by atoms with van der Waals surface area (Å²) in [6, 6.07) is 4.28. The number of benzene rings is 1. The standard InChI is InChI=1S/C15H21N/c1-5-11-13(16)7-6-12-14(11)10(2)8-9-15(12,3)4/h6-8H,5,9,16H2,1-4H3. The second-order valence-electron chi connectivity index (χ2n) is 5.38. The first-order valence-corrected chi connectivity index (χ1v) is 6.06. The van der Waals surface area contributed by atoms with E-state index in [1.54, 1.807) is 0 Å². The van der Waals surface area contributed by atoms with Crippen molar-refractivity contribution in [3.05, 3.63) is 34.9 Å². The summed E-state index contributed by atoms with van der Waals surface area (Å²) in [7, 11) is 0. The third-order valence-electron chi connectivity index (χ3n) is 3.74. The Morgan fingerprint density at radius 2 is 2.00 bits per heavy atom. The molecule has 0 atom stereocenters. The van der Waals surface area contributed by atoms with E-state index in [0.29, 0.717) is 0 Å². The fourth-order valence-electron chi connectivity index (χ4n) is 2.68. The number of anilines is 1. The van der Waals surface area contributed by atoms with Gasteiger partial charge in [0.25, 0.3) is 0 Å². The Labute approximate surface area is 98.4 Å². The lowest BCUT2D eigenvalue weighted by molar-refractivity contribution is 0.526. The molecular weight excluding hydrogens is 194 g/mol. The van der Waals surface area contributed by atoms with Gasteiger partial charge in [-0.1, -0.05) is 32.9 Å². The van der Waals surface area contributed by atoms with Crippen LogP contribution in [0.25, 0.3) is 5.57 Å². The van der Waals surface area contributed by atoms with Crippen molar-refractivity contribution in [3.63, 3.8) is 0 Å². The van der Waals surface area contributed by atoms with E-state index in [-0.39, 0.29) is 5.41 Å². The molecule has 2 N–H and O–H groups in total. The summed E-state index contributed by atoms with van der Waals surface area (Å²) in [6.07, 6.45) is 4.48. The van der Waals surface area contributed by atoms with E-state index in [0.717, 1.165) is 18.5 Å². The molecular formula is C15H21N. The van der Waals surface area contributed by atoms with Crippen LogP contribution in [0.4, 0.5) is 5.69 Å². The zero-order valence-corrected chi connectivity index (χ0v) is 10.7. The Kier molecular flexibility index (Phi) is 2.57. The Bertz CT molecular complexity index is 453. The van der Waals surface area contributed by atoms with Crippen LogP contribution in [-0.2, 0) is 11.8 Å². The number of hydrogen-bond donors (Lipinski definition) is 1. The number of rotatable bonds is 1. The van der Waals surface area contributed by atoms with Gasteiger partial charge >= 0.3 is 0 Å². The lowest BCUT2D eigenvalue weighted by atomic mass is 9.72. The van der Waals surface area contributed by atoms with Crippen LogP contribution in [0.2, 0.25) is 0 Å². The highest BCUT2D eigenvalue weighted by atomic mass is 14.6. The van der Waals surface area contributed by atoms with Crippen LogP contribution >= 0.6 is 0 Å². The molecule has 0 bridgehead atoms. The zero-order chi connectivity index (χ0) is 11.9. The second kappa shape index (κ2) is 3.65. The molecule has 0 heterocycles. The average molecular weight is 215 g/mol. The molecule has 1 aliphatic carbocycles. The van der Waals surface area contributed by atoms with Gasteiger partial charge in [-0.15, -0.1) is 0 Å². The third-order valence-corrected chi connectivity index (χ3v) is 3.74. The molecule has 0 aliphatic heterocycles. The van der Waals surface area contributed by atoms with Gasteiger partial charge in [0.05, 0.1) is 0 Å². The highest BCUT2D eigenvalue weighted by molar-refractivity contribution is 5.76. The van der Waals surface area contributed by atoms with Gasteiger partial charge in [-0.3, -0.25) is 0 Å². The van der Waals surface area contributed by atoms with E-state index in [9.17, 15) is 0 Å². The van der Waals surface area contributed by atoms with Crippen LogP contribution in [-0.4, -0.2) is 0 Å². The number of allylic oxidation sites excluding steroid dienone is 2. The van der Waals surface area contributed by atoms with Gasteiger partial charge in [-0.2, -0.15) is 0 Å². The smallest absolute Gasteiger partial charge is 0.0352 e. The predicted octanol–water partition coefficient (Wildman–Crippen LogP) is 3.92. The molecule has 1 aromatic carbocycles. The quantitative estimate of drug-likeness (QED) is 0.706. The molecule has 1 heteroatoms. The maximum atomic E-state index is 6.08. The normalized spacial score (nSPS) is 17.9. The molecule has 0 aromatic heterocycles. The first-order chi connectivity index (χ1) is 7.47. The molecule has 16 heavy (non-hydrogen) atoms. The summed E-state index contributed by atoms with van der Waals surface area (Å²) in [5.74, 6) is 0. The lowest BCUT2D eigenvalue weighted by Gasteiger charge is -2.33. The highest BCUT2D eigenvalue weighted by Gasteiger charge is 2.28. The van der Waals surface area contributed by atoms with Crippen LogP contribution in [0.3, 0.4) is 0 Å². The minimum atomic E-state index is 0.243. The molecule has 0 fully saturated rings. The van der Waals surface area contributed by atoms with Crippen molar-refractivity contribution in [2.75, 3.05) is 5.73 Å². The summed E-state index contributed by atoms with van der Waals surface area (Å²) in [6.45, 7) is 9.00. The van der Waals surface area contributed by atoms with E-state index in [1.165, 1.54) is 22.3 Å². The van der Waals surface area contributed by atoms with Gasteiger partial charge < -0.3 is 5.73 Å². The van der Waals surface area contributed by atoms with E-state index in [4.69, 9.17) is 5.73 Å². The van der Waals surface area contributed by atoms with Crippen molar-refractivity contribution in [2.24, 2.45) is 0 Å². The SMILES string of the molecule is CCc1c(N)ccc2c1C(C)=CCC2(C)C. The first kappa shape index (κ1) is 11.3. The Hall–Kier alpha value is -1.24. The van der Waals surface area contributed by atoms with Crippen molar-refractivity contribution in [1.29, 1.82) is 0 Å². The molecule has 1 aromatic rings. The summed E-state index contributed by atoms with van der Waals surface area (Å²) < 4.78 is 0. The Morgan fingerprint density at radius 3 is 2.62 bits per heavy atom. The fraction of sp³-hybridized carbons (Fsp3) is 0.467. The molecule has 1 aliphatic rings. The maximum Gasteiger partial charge on any atom is 0.0352 e. The summed E-state index contributed by atoms with van der Waals surface area (Å²) in [5, 5.41) is 0. The van der Waals surface area contributed by atoms with Crippen molar-refractivity contribution in [2.45, 2.75) is 46.0 Å². The second-order valence-corrected chi connectivity index (χ2v) is 5.38. The van der Waals surface area contributed by atoms with Crippen LogP contribution in [0.15, 0.2) is 18.2 Å². The van der Waals surface area contributed by atoms with Crippen molar-refractivity contribution in [3.8, 4) is 0 Å². The topological polar surface area (TPSA) is 26.0 Å². The van der Waals surface area contributed by atoms with Crippen LogP contribution in [0.5, 0.6) is 0 Å². The molecule has 2 rings (SSSR count). The highest BCUT2D eigenvalue weighted by Crippen LogP contribution is 2.41. The van der Waals surface area contributed by atoms with Gasteiger partial charge in [0.1, 0.15) is 0 Å². The molecule has 0 saturated heterocycles. The van der Waals surface area contributed by atoms with Crippen LogP contribution < -0.4 is 5.73 Å². The Morgan fingerprint density at radius 1 is 1.31 bits per heavy atom. The molecule has 0 unspecified atom stereocenters. The monoisotopic (exact) mass is 215 g/mol. The molecule has 0 saturated carbocycles. The zero-order valence-electron chi connectivity index (χ0n) is 10.7. The minimum Gasteiger partial charge on any atom is -0.398 e. The van der Waals surface area contributed by atoms with Crippen molar-refractivity contribution < 1.29 is 0 Å². The molecule has 1 nitrogen and oxygen atoms in total. The number of hydrogen-bond acceptors (Lipinski definition) is 1. The summed E-state index contributed by atoms with van der Waals surface area (Å²) in [4.78, 5) is 0. The number of nitrogens with two attached hydrogens (primary N) is 1. The molecule has 0 spiro atoms. The predicted molar refractivity (Wildman–Crippen MR) is 71.5 cm³/mol. The average Bonchev–Trinajstić information content (AvgIpc) is 2.23.